The van der Waals surface area contributed by atoms with Crippen LogP contribution in [0.5, 0.6) is 0 Å². The Labute approximate surface area is 561 Å². The quantitative estimate of drug-likeness (QED) is 0.145. The average molecular weight is 1250 g/mol. The molecule has 97 heavy (non-hydrogen) atoms. The number of hydrogen-bond donors (Lipinski definition) is 0. The number of fused-ring (bicyclic) bond motifs is 15. The third-order valence-corrected chi connectivity index (χ3v) is 21.2. The van der Waals surface area contributed by atoms with Gasteiger partial charge in [0.15, 0.2) is 0 Å². The Morgan fingerprint density at radius 2 is 0.557 bits per heavy atom. The summed E-state index contributed by atoms with van der Waals surface area (Å²) in [5.41, 5.74) is 22.4. The molecule has 0 fully saturated rings. The number of rotatable bonds is 9. The number of thiophene rings is 1. The normalized spacial score (nSPS) is 11.9. The second-order valence-corrected chi connectivity index (χ2v) is 26.1. The molecule has 450 valence electrons. The molecule has 0 bridgehead atoms. The van der Waals surface area contributed by atoms with Crippen LogP contribution in [0.15, 0.2) is 328 Å². The molecule has 0 spiro atoms. The number of nitriles is 1. The molecule has 20 aromatic rings. The molecule has 0 aliphatic heterocycles. The predicted molar refractivity (Wildman–Crippen MR) is 406 cm³/mol. The van der Waals surface area contributed by atoms with Crippen molar-refractivity contribution in [3.63, 3.8) is 0 Å². The fourth-order valence-electron chi connectivity index (χ4n) is 16.3. The van der Waals surface area contributed by atoms with Gasteiger partial charge in [0.05, 0.1) is 66.9 Å². The summed E-state index contributed by atoms with van der Waals surface area (Å²) in [7, 11) is 0. The molecule has 0 N–H and O–H groups in total. The second-order valence-electron chi connectivity index (χ2n) is 25.1. The van der Waals surface area contributed by atoms with Gasteiger partial charge in [-0.3, -0.25) is 0 Å². The van der Waals surface area contributed by atoms with Crippen LogP contribution < -0.4 is 0 Å². The average Bonchev–Trinajstić information content (AvgIpc) is 1.57. The van der Waals surface area contributed by atoms with Crippen molar-refractivity contribution in [2.24, 2.45) is 0 Å². The molecule has 0 amide bonds. The highest BCUT2D eigenvalue weighted by Gasteiger charge is 2.37. The minimum absolute atomic E-state index is 0.494. The largest absolute Gasteiger partial charge is 0.306 e. The monoisotopic (exact) mass is 1250 g/mol. The number of pyridine rings is 1. The van der Waals surface area contributed by atoms with E-state index in [0.29, 0.717) is 5.56 Å². The van der Waals surface area contributed by atoms with E-state index in [-0.39, 0.29) is 0 Å². The first kappa shape index (κ1) is 54.7. The number of hydrogen-bond acceptors (Lipinski definition) is 3. The Balaban J connectivity index is 1.13. The molecule has 0 saturated carbocycles. The summed E-state index contributed by atoms with van der Waals surface area (Å²) in [5, 5.41) is 24.6. The van der Waals surface area contributed by atoms with Gasteiger partial charge in [0.25, 0.3) is 0 Å². The van der Waals surface area contributed by atoms with Gasteiger partial charge in [-0.2, -0.15) is 5.26 Å². The van der Waals surface area contributed by atoms with Crippen LogP contribution in [-0.2, 0) is 0 Å². The van der Waals surface area contributed by atoms with E-state index in [9.17, 15) is 5.26 Å². The molecule has 20 rings (SSSR count). The predicted octanol–water partition coefficient (Wildman–Crippen LogP) is 24.0. The molecular formula is C90H54N6S. The van der Waals surface area contributed by atoms with Crippen molar-refractivity contribution >= 4 is 119 Å². The smallest absolute Gasteiger partial charge is 0.124 e. The standard InChI is InChI=1S/C90H54N6S/c91-55-70-86(93-71-45-17-13-35-64(71)80-60(39-21-49-75(80)93)56-27-5-1-6-28-56)88(95-73-47-19-15-37-66(73)82-62(41-23-51-77(82)95)58-31-9-3-10-32-58)85(68-43-25-53-79-84(68)69-44-26-54-92-90(69)97-79)89(96-74-48-20-16-38-67(74)83-63(42-24-52-78(83)96)59-33-11-4-12-34-59)87(70)94-72-46-18-14-36-65(72)81-61(40-22-50-76(81)94)57-29-7-2-8-30-57/h1-54H. The first-order chi connectivity index (χ1) is 48.2. The first-order valence-electron chi connectivity index (χ1n) is 32.9. The molecular weight excluding hydrogens is 1200 g/mol. The lowest BCUT2D eigenvalue weighted by Crippen LogP contribution is -2.16. The van der Waals surface area contributed by atoms with Gasteiger partial charge in [0.2, 0.25) is 0 Å². The van der Waals surface area contributed by atoms with Gasteiger partial charge in [-0.15, -0.1) is 11.3 Å². The van der Waals surface area contributed by atoms with Gasteiger partial charge in [0, 0.05) is 70.3 Å². The number of aromatic nitrogens is 5. The van der Waals surface area contributed by atoms with E-state index in [4.69, 9.17) is 4.98 Å². The van der Waals surface area contributed by atoms with E-state index in [1.54, 1.807) is 11.3 Å². The van der Waals surface area contributed by atoms with Crippen LogP contribution in [0.3, 0.4) is 0 Å². The third-order valence-electron chi connectivity index (χ3n) is 20.1. The summed E-state index contributed by atoms with van der Waals surface area (Å²) in [6, 6.07) is 120. The zero-order valence-electron chi connectivity index (χ0n) is 52.3. The van der Waals surface area contributed by atoms with Crippen molar-refractivity contribution in [1.29, 1.82) is 5.26 Å². The van der Waals surface area contributed by atoms with Crippen LogP contribution in [0.1, 0.15) is 5.56 Å². The van der Waals surface area contributed by atoms with Crippen molar-refractivity contribution < 1.29 is 0 Å². The van der Waals surface area contributed by atoms with E-state index in [1.807, 2.05) is 6.20 Å². The van der Waals surface area contributed by atoms with Gasteiger partial charge in [0.1, 0.15) is 16.5 Å². The fraction of sp³-hybridized carbons (Fsp3) is 0. The molecule has 6 aromatic heterocycles. The molecule has 0 unspecified atom stereocenters. The van der Waals surface area contributed by atoms with E-state index in [2.05, 4.69) is 346 Å². The molecule has 0 radical (unpaired) electrons. The second kappa shape index (κ2) is 21.6. The van der Waals surface area contributed by atoms with Crippen LogP contribution in [0.4, 0.5) is 0 Å². The van der Waals surface area contributed by atoms with Crippen molar-refractivity contribution in [3.8, 4) is 84.5 Å². The molecule has 0 saturated heterocycles. The fourth-order valence-corrected chi connectivity index (χ4v) is 17.3. The summed E-state index contributed by atoms with van der Waals surface area (Å²) in [6.07, 6.45) is 1.91. The number of nitrogens with zero attached hydrogens (tertiary/aromatic N) is 6. The van der Waals surface area contributed by atoms with Crippen LogP contribution >= 0.6 is 11.3 Å². The summed E-state index contributed by atoms with van der Waals surface area (Å²) in [6.45, 7) is 0. The lowest BCUT2D eigenvalue weighted by atomic mass is 9.91. The highest BCUT2D eigenvalue weighted by Crippen LogP contribution is 2.56. The van der Waals surface area contributed by atoms with Gasteiger partial charge in [-0.05, 0) is 117 Å². The van der Waals surface area contributed by atoms with E-state index >= 15 is 0 Å². The molecule has 14 aromatic carbocycles. The Kier molecular flexibility index (Phi) is 12.2. The van der Waals surface area contributed by atoms with E-state index in [1.165, 1.54) is 0 Å². The van der Waals surface area contributed by atoms with E-state index < -0.39 is 0 Å². The molecule has 0 aliphatic rings. The third kappa shape index (κ3) is 7.97. The Morgan fingerprint density at radius 1 is 0.258 bits per heavy atom. The topological polar surface area (TPSA) is 56.4 Å². The molecule has 0 atom stereocenters. The lowest BCUT2D eigenvalue weighted by molar-refractivity contribution is 1.04. The van der Waals surface area contributed by atoms with Crippen molar-refractivity contribution in [1.82, 2.24) is 23.3 Å². The zero-order valence-corrected chi connectivity index (χ0v) is 53.1. The SMILES string of the molecule is N#Cc1c(-n2c3ccccc3c3c(-c4ccccc4)cccc32)c(-n2c3ccccc3c3c(-c4ccccc4)cccc32)c(-c2cccc3sc4ncccc4c23)c(-n2c3ccccc3c3c(-c4ccccc4)cccc32)c1-n1c2ccccc2c2c(-c3ccccc3)cccc21. The summed E-state index contributed by atoms with van der Waals surface area (Å²) < 4.78 is 11.1. The van der Waals surface area contributed by atoms with Crippen LogP contribution in [0.2, 0.25) is 0 Å². The van der Waals surface area contributed by atoms with Crippen molar-refractivity contribution in [3.05, 3.63) is 333 Å². The first-order valence-corrected chi connectivity index (χ1v) is 33.7. The minimum atomic E-state index is 0.494. The maximum Gasteiger partial charge on any atom is 0.124 e. The molecule has 0 aliphatic carbocycles. The summed E-state index contributed by atoms with van der Waals surface area (Å²) in [5.74, 6) is 0. The lowest BCUT2D eigenvalue weighted by Gasteiger charge is -2.29. The number of para-hydroxylation sites is 4. The van der Waals surface area contributed by atoms with Crippen LogP contribution in [0, 0.1) is 11.3 Å². The maximum absolute atomic E-state index is 13.7. The molecule has 6 nitrogen and oxygen atoms in total. The van der Waals surface area contributed by atoms with Gasteiger partial charge in [-0.1, -0.05) is 255 Å². The van der Waals surface area contributed by atoms with Gasteiger partial charge in [-0.25, -0.2) is 4.98 Å². The zero-order chi connectivity index (χ0) is 63.8. The maximum atomic E-state index is 13.7. The summed E-state index contributed by atoms with van der Waals surface area (Å²) >= 11 is 1.72. The van der Waals surface area contributed by atoms with Crippen LogP contribution in [0.25, 0.3) is 186 Å². The molecule has 7 heteroatoms. The van der Waals surface area contributed by atoms with Crippen molar-refractivity contribution in [2.45, 2.75) is 0 Å². The van der Waals surface area contributed by atoms with Gasteiger partial charge >= 0.3 is 0 Å². The Morgan fingerprint density at radius 3 is 0.918 bits per heavy atom. The number of benzene rings is 14. The molecule has 6 heterocycles. The van der Waals surface area contributed by atoms with Gasteiger partial charge < -0.3 is 18.3 Å². The minimum Gasteiger partial charge on any atom is -0.306 e. The Hall–Kier alpha value is -12.9. The highest BCUT2D eigenvalue weighted by molar-refractivity contribution is 7.25. The van der Waals surface area contributed by atoms with Crippen LogP contribution in [-0.4, -0.2) is 23.3 Å². The summed E-state index contributed by atoms with van der Waals surface area (Å²) in [4.78, 5) is 6.09. The highest BCUT2D eigenvalue weighted by atomic mass is 32.1. The Bertz CT molecular complexity index is 6340. The van der Waals surface area contributed by atoms with Crippen molar-refractivity contribution in [2.75, 3.05) is 0 Å². The van der Waals surface area contributed by atoms with E-state index in [0.717, 1.165) is 186 Å².